The van der Waals surface area contributed by atoms with Crippen molar-refractivity contribution in [3.05, 3.63) is 63.3 Å². The molecule has 1 fully saturated rings. The van der Waals surface area contributed by atoms with Crippen LogP contribution in [0.25, 0.3) is 11.3 Å². The van der Waals surface area contributed by atoms with E-state index in [0.717, 1.165) is 64.6 Å². The fourth-order valence-corrected chi connectivity index (χ4v) is 5.46. The summed E-state index contributed by atoms with van der Waals surface area (Å²) >= 11 is 12.5. The molecule has 2 aliphatic rings. The Hall–Kier alpha value is -2.64. The summed E-state index contributed by atoms with van der Waals surface area (Å²) < 4.78 is 5.66. The molecule has 0 atom stereocenters. The number of aromatic amines is 1. The van der Waals surface area contributed by atoms with Gasteiger partial charge in [-0.25, -0.2) is 4.79 Å². The zero-order valence-electron chi connectivity index (χ0n) is 20.1. The number of amides is 1. The molecule has 3 aromatic heterocycles. The highest BCUT2D eigenvalue weighted by molar-refractivity contribution is 6.30. The Labute approximate surface area is 215 Å². The molecule has 184 valence electrons. The van der Waals surface area contributed by atoms with Crippen LogP contribution < -0.4 is 0 Å². The Bertz CT molecular complexity index is 1240. The molecule has 7 nitrogen and oxygen atoms in total. The lowest BCUT2D eigenvalue weighted by atomic mass is 9.78. The highest BCUT2D eigenvalue weighted by Gasteiger charge is 2.34. The van der Waals surface area contributed by atoms with E-state index in [0.29, 0.717) is 29.9 Å². The lowest BCUT2D eigenvalue weighted by Gasteiger charge is -2.28. The van der Waals surface area contributed by atoms with Gasteiger partial charge >= 0.3 is 6.09 Å². The van der Waals surface area contributed by atoms with Crippen LogP contribution in [0.1, 0.15) is 80.9 Å². The SMILES string of the molecule is CC(C)(C)OC(=O)N1Cc2cc(Cl)cnc2-c2c(C3CCC(c4cc(Cl)ccn4)CC3)n[nH]c2C1. The summed E-state index contributed by atoms with van der Waals surface area (Å²) in [5.41, 5.74) is 5.08. The number of hydrogen-bond donors (Lipinski definition) is 1. The smallest absolute Gasteiger partial charge is 0.410 e. The van der Waals surface area contributed by atoms with Gasteiger partial charge in [-0.2, -0.15) is 5.10 Å². The predicted molar refractivity (Wildman–Crippen MR) is 136 cm³/mol. The van der Waals surface area contributed by atoms with Gasteiger partial charge in [-0.15, -0.1) is 0 Å². The van der Waals surface area contributed by atoms with Gasteiger partial charge in [-0.3, -0.25) is 20.0 Å². The second-order valence-corrected chi connectivity index (χ2v) is 11.3. The molecule has 1 N–H and O–H groups in total. The van der Waals surface area contributed by atoms with Gasteiger partial charge in [0.05, 0.1) is 35.2 Å². The number of carbonyl (C=O) groups excluding carboxylic acids is 1. The number of H-pyrrole nitrogens is 1. The van der Waals surface area contributed by atoms with E-state index in [4.69, 9.17) is 38.0 Å². The average molecular weight is 514 g/mol. The fourth-order valence-electron chi connectivity index (χ4n) is 5.11. The van der Waals surface area contributed by atoms with E-state index in [1.54, 1.807) is 17.3 Å². The third kappa shape index (κ3) is 5.16. The molecule has 1 aliphatic carbocycles. The van der Waals surface area contributed by atoms with Crippen LogP contribution in [0.2, 0.25) is 10.0 Å². The normalized spacial score (nSPS) is 20.1. The average Bonchev–Trinajstić information content (AvgIpc) is 3.13. The molecule has 1 aliphatic heterocycles. The number of fused-ring (bicyclic) bond motifs is 3. The maximum absolute atomic E-state index is 13.0. The molecule has 0 saturated heterocycles. The van der Waals surface area contributed by atoms with Gasteiger partial charge in [0.2, 0.25) is 0 Å². The number of ether oxygens (including phenoxy) is 1. The Morgan fingerprint density at radius 2 is 1.80 bits per heavy atom. The van der Waals surface area contributed by atoms with Crippen molar-refractivity contribution in [2.24, 2.45) is 0 Å². The second-order valence-electron chi connectivity index (χ2n) is 10.4. The van der Waals surface area contributed by atoms with Crippen molar-refractivity contribution in [3.63, 3.8) is 0 Å². The van der Waals surface area contributed by atoms with Crippen molar-refractivity contribution in [3.8, 4) is 11.3 Å². The molecule has 4 heterocycles. The van der Waals surface area contributed by atoms with Crippen LogP contribution in [0.4, 0.5) is 4.79 Å². The van der Waals surface area contributed by atoms with Gasteiger partial charge in [0.1, 0.15) is 5.60 Å². The minimum atomic E-state index is -0.586. The van der Waals surface area contributed by atoms with Crippen molar-refractivity contribution in [2.75, 3.05) is 0 Å². The topological polar surface area (TPSA) is 84.0 Å². The van der Waals surface area contributed by atoms with E-state index in [-0.39, 0.29) is 6.09 Å². The number of nitrogens with one attached hydrogen (secondary N) is 1. The lowest BCUT2D eigenvalue weighted by molar-refractivity contribution is 0.0216. The van der Waals surface area contributed by atoms with Crippen LogP contribution in [0.15, 0.2) is 30.6 Å². The standard InChI is InChI=1S/C26H29Cl2N5O2/c1-26(2,3)35-25(34)33-13-17-10-19(28)12-30-23(17)22-21(14-33)31-32-24(22)16-6-4-15(5-7-16)20-11-18(27)8-9-29-20/h8-12,15-16H,4-7,13-14H2,1-3H3,(H,31,32). The molecule has 3 aromatic rings. The number of pyridine rings is 2. The molecule has 0 radical (unpaired) electrons. The van der Waals surface area contributed by atoms with Crippen molar-refractivity contribution >= 4 is 29.3 Å². The minimum Gasteiger partial charge on any atom is -0.444 e. The van der Waals surface area contributed by atoms with E-state index in [2.05, 4.69) is 10.1 Å². The van der Waals surface area contributed by atoms with Gasteiger partial charge in [0, 0.05) is 40.5 Å². The van der Waals surface area contributed by atoms with Crippen LogP contribution in [-0.2, 0) is 17.8 Å². The molecule has 0 aromatic carbocycles. The number of hydrogen-bond acceptors (Lipinski definition) is 5. The summed E-state index contributed by atoms with van der Waals surface area (Å²) in [5, 5.41) is 9.23. The van der Waals surface area contributed by atoms with E-state index < -0.39 is 5.60 Å². The van der Waals surface area contributed by atoms with Crippen LogP contribution in [0, 0.1) is 0 Å². The number of rotatable bonds is 2. The Balaban J connectivity index is 1.44. The highest BCUT2D eigenvalue weighted by atomic mass is 35.5. The predicted octanol–water partition coefficient (Wildman–Crippen LogP) is 6.87. The van der Waals surface area contributed by atoms with Gasteiger partial charge in [-0.1, -0.05) is 23.2 Å². The molecule has 1 saturated carbocycles. The first kappa shape index (κ1) is 24.1. The van der Waals surface area contributed by atoms with Crippen molar-refractivity contribution in [1.29, 1.82) is 0 Å². The Morgan fingerprint density at radius 3 is 2.51 bits per heavy atom. The maximum atomic E-state index is 13.0. The highest BCUT2D eigenvalue weighted by Crippen LogP contribution is 2.44. The molecule has 5 rings (SSSR count). The number of aromatic nitrogens is 4. The monoisotopic (exact) mass is 513 g/mol. The van der Waals surface area contributed by atoms with E-state index >= 15 is 0 Å². The first-order valence-corrected chi connectivity index (χ1v) is 12.7. The summed E-state index contributed by atoms with van der Waals surface area (Å²) in [5.74, 6) is 0.693. The Morgan fingerprint density at radius 1 is 1.06 bits per heavy atom. The zero-order valence-corrected chi connectivity index (χ0v) is 21.7. The molecular formula is C26H29Cl2N5O2. The van der Waals surface area contributed by atoms with E-state index in [1.807, 2.05) is 39.0 Å². The van der Waals surface area contributed by atoms with Crippen molar-refractivity contribution in [2.45, 2.75) is 77.0 Å². The van der Waals surface area contributed by atoms with E-state index in [9.17, 15) is 4.79 Å². The lowest BCUT2D eigenvalue weighted by Crippen LogP contribution is -2.35. The van der Waals surface area contributed by atoms with E-state index in [1.165, 1.54) is 0 Å². The fraction of sp³-hybridized carbons (Fsp3) is 0.462. The van der Waals surface area contributed by atoms with Crippen molar-refractivity contribution < 1.29 is 9.53 Å². The van der Waals surface area contributed by atoms with Gasteiger partial charge in [0.25, 0.3) is 0 Å². The first-order chi connectivity index (χ1) is 16.7. The number of halogens is 2. The maximum Gasteiger partial charge on any atom is 0.410 e. The second kappa shape index (κ2) is 9.43. The van der Waals surface area contributed by atoms with Crippen LogP contribution in [0.5, 0.6) is 0 Å². The molecule has 35 heavy (non-hydrogen) atoms. The number of carbonyl (C=O) groups is 1. The van der Waals surface area contributed by atoms with Gasteiger partial charge < -0.3 is 4.74 Å². The third-order valence-corrected chi connectivity index (χ3v) is 7.12. The minimum absolute atomic E-state index is 0.295. The number of nitrogens with zero attached hydrogens (tertiary/aromatic N) is 4. The van der Waals surface area contributed by atoms with Crippen molar-refractivity contribution in [1.82, 2.24) is 25.1 Å². The largest absolute Gasteiger partial charge is 0.444 e. The molecule has 9 heteroatoms. The summed E-state index contributed by atoms with van der Waals surface area (Å²) in [6.07, 6.45) is 7.09. The summed E-state index contributed by atoms with van der Waals surface area (Å²) in [6, 6.07) is 5.67. The van der Waals surface area contributed by atoms with Gasteiger partial charge in [-0.05, 0) is 70.2 Å². The summed E-state index contributed by atoms with van der Waals surface area (Å²) in [4.78, 5) is 23.9. The molecular weight excluding hydrogens is 485 g/mol. The van der Waals surface area contributed by atoms with Crippen LogP contribution in [-0.4, -0.2) is 36.8 Å². The zero-order chi connectivity index (χ0) is 24.7. The molecule has 1 amide bonds. The summed E-state index contributed by atoms with van der Waals surface area (Å²) in [7, 11) is 0. The molecule has 0 spiro atoms. The quantitative estimate of drug-likeness (QED) is 0.404. The summed E-state index contributed by atoms with van der Waals surface area (Å²) in [6.45, 7) is 6.33. The van der Waals surface area contributed by atoms with Gasteiger partial charge in [0.15, 0.2) is 0 Å². The van der Waals surface area contributed by atoms with Crippen LogP contribution >= 0.6 is 23.2 Å². The van der Waals surface area contributed by atoms with Crippen LogP contribution in [0.3, 0.4) is 0 Å². The molecule has 0 bridgehead atoms. The first-order valence-electron chi connectivity index (χ1n) is 12.0. The molecule has 0 unspecified atom stereocenters. The third-order valence-electron chi connectivity index (χ3n) is 6.68. The Kier molecular flexibility index (Phi) is 6.49.